The monoisotopic (exact) mass is 209 g/mol. The van der Waals surface area contributed by atoms with Crippen LogP contribution in [0.15, 0.2) is 24.5 Å². The van der Waals surface area contributed by atoms with Gasteiger partial charge in [-0.1, -0.05) is 13.0 Å². The number of hydrogen-bond acceptors (Lipinski definition) is 3. The number of Topliss-reactive ketones (excluding diaryl/α,β-unsaturated/α-hetero) is 1. The van der Waals surface area contributed by atoms with Crippen LogP contribution in [0.1, 0.15) is 31.1 Å². The van der Waals surface area contributed by atoms with Gasteiger partial charge < -0.3 is 0 Å². The molecule has 1 atom stereocenters. The van der Waals surface area contributed by atoms with Crippen molar-refractivity contribution >= 4 is 17.5 Å². The lowest BCUT2D eigenvalue weighted by atomic mass is 10.1. The van der Waals surface area contributed by atoms with Crippen molar-refractivity contribution in [1.82, 2.24) is 4.98 Å². The Bertz CT molecular complexity index is 287. The maximum Gasteiger partial charge on any atom is 0.131 e. The molecule has 14 heavy (non-hydrogen) atoms. The van der Waals surface area contributed by atoms with Crippen LogP contribution in [0.3, 0.4) is 0 Å². The summed E-state index contributed by atoms with van der Waals surface area (Å²) in [6.07, 6.45) is 4.20. The van der Waals surface area contributed by atoms with Crippen LogP contribution in [0.5, 0.6) is 0 Å². The second-order valence-electron chi connectivity index (χ2n) is 3.14. The number of aromatic nitrogens is 1. The summed E-state index contributed by atoms with van der Waals surface area (Å²) in [7, 11) is 0. The van der Waals surface area contributed by atoms with Crippen LogP contribution in [0, 0.1) is 0 Å². The van der Waals surface area contributed by atoms with E-state index < -0.39 is 0 Å². The van der Waals surface area contributed by atoms with Gasteiger partial charge in [0.15, 0.2) is 0 Å². The van der Waals surface area contributed by atoms with Gasteiger partial charge in [0.25, 0.3) is 0 Å². The minimum absolute atomic E-state index is 0.236. The third-order valence-corrected chi connectivity index (χ3v) is 3.07. The maximum absolute atomic E-state index is 11.1. The molecule has 76 valence electrons. The lowest BCUT2D eigenvalue weighted by molar-refractivity contribution is -0.117. The van der Waals surface area contributed by atoms with Gasteiger partial charge in [-0.15, -0.1) is 0 Å². The molecule has 0 aromatic carbocycles. The highest BCUT2D eigenvalue weighted by Gasteiger charge is 2.13. The number of rotatable bonds is 5. The molecule has 0 saturated carbocycles. The van der Waals surface area contributed by atoms with Gasteiger partial charge >= 0.3 is 0 Å². The van der Waals surface area contributed by atoms with E-state index in [9.17, 15) is 4.79 Å². The van der Waals surface area contributed by atoms with Gasteiger partial charge in [0.2, 0.25) is 0 Å². The summed E-state index contributed by atoms with van der Waals surface area (Å²) in [5.74, 6) is 1.26. The normalized spacial score (nSPS) is 12.4. The number of thioether (sulfide) groups is 1. The molecule has 0 saturated heterocycles. The summed E-state index contributed by atoms with van der Waals surface area (Å²) in [4.78, 5) is 15.1. The Morgan fingerprint density at radius 2 is 2.43 bits per heavy atom. The topological polar surface area (TPSA) is 30.0 Å². The van der Waals surface area contributed by atoms with Crippen molar-refractivity contribution in [1.29, 1.82) is 0 Å². The molecule has 0 amide bonds. The predicted octanol–water partition coefficient (Wildman–Crippen LogP) is 2.85. The number of hydrogen-bond donors (Lipinski definition) is 0. The van der Waals surface area contributed by atoms with E-state index in [2.05, 4.69) is 11.9 Å². The molecule has 0 spiro atoms. The molecule has 0 aliphatic rings. The van der Waals surface area contributed by atoms with E-state index in [0.29, 0.717) is 6.42 Å². The first-order chi connectivity index (χ1) is 6.74. The van der Waals surface area contributed by atoms with Crippen LogP contribution in [0.25, 0.3) is 0 Å². The van der Waals surface area contributed by atoms with E-state index in [1.165, 1.54) is 0 Å². The number of nitrogens with zero attached hydrogens (tertiary/aromatic N) is 1. The quantitative estimate of drug-likeness (QED) is 0.747. The molecular weight excluding hydrogens is 194 g/mol. The average Bonchev–Trinajstić information content (AvgIpc) is 2.18. The molecule has 1 heterocycles. The van der Waals surface area contributed by atoms with E-state index in [4.69, 9.17) is 0 Å². The van der Waals surface area contributed by atoms with Crippen LogP contribution in [-0.4, -0.2) is 16.5 Å². The van der Waals surface area contributed by atoms with E-state index in [1.807, 2.05) is 18.3 Å². The van der Waals surface area contributed by atoms with Crippen molar-refractivity contribution in [2.75, 3.05) is 5.75 Å². The third-order valence-electron chi connectivity index (χ3n) is 1.90. The Kier molecular flexibility index (Phi) is 4.66. The average molecular weight is 209 g/mol. The van der Waals surface area contributed by atoms with Gasteiger partial charge in [0.05, 0.1) is 0 Å². The SMILES string of the molecule is CCSC(CC(C)=O)c1cccnc1. The highest BCUT2D eigenvalue weighted by molar-refractivity contribution is 7.99. The standard InChI is InChI=1S/C11H15NOS/c1-3-14-11(7-9(2)13)10-5-4-6-12-8-10/h4-6,8,11H,3,7H2,1-2H3. The van der Waals surface area contributed by atoms with Crippen LogP contribution in [0.4, 0.5) is 0 Å². The zero-order valence-corrected chi connectivity index (χ0v) is 9.38. The minimum Gasteiger partial charge on any atom is -0.300 e. The first kappa shape index (κ1) is 11.2. The van der Waals surface area contributed by atoms with Gasteiger partial charge in [-0.3, -0.25) is 9.78 Å². The summed E-state index contributed by atoms with van der Waals surface area (Å²) in [5.41, 5.74) is 1.15. The predicted molar refractivity (Wildman–Crippen MR) is 60.4 cm³/mol. The summed E-state index contributed by atoms with van der Waals surface area (Å²) in [6.45, 7) is 3.74. The van der Waals surface area contributed by atoms with Gasteiger partial charge in [0, 0.05) is 24.1 Å². The molecule has 1 aromatic rings. The largest absolute Gasteiger partial charge is 0.300 e. The molecule has 3 heteroatoms. The Hall–Kier alpha value is -0.830. The van der Waals surface area contributed by atoms with Gasteiger partial charge in [0.1, 0.15) is 5.78 Å². The smallest absolute Gasteiger partial charge is 0.131 e. The van der Waals surface area contributed by atoms with Crippen molar-refractivity contribution in [3.63, 3.8) is 0 Å². The Balaban J connectivity index is 2.72. The van der Waals surface area contributed by atoms with E-state index in [0.717, 1.165) is 11.3 Å². The Morgan fingerprint density at radius 1 is 1.64 bits per heavy atom. The number of pyridine rings is 1. The maximum atomic E-state index is 11.1. The highest BCUT2D eigenvalue weighted by atomic mass is 32.2. The lowest BCUT2D eigenvalue weighted by Crippen LogP contribution is -2.01. The molecule has 1 aromatic heterocycles. The number of carbonyl (C=O) groups is 1. The lowest BCUT2D eigenvalue weighted by Gasteiger charge is -2.13. The van der Waals surface area contributed by atoms with Crippen molar-refractivity contribution in [2.45, 2.75) is 25.5 Å². The summed E-state index contributed by atoms with van der Waals surface area (Å²) >= 11 is 1.80. The second-order valence-corrected chi connectivity index (χ2v) is 4.62. The third kappa shape index (κ3) is 3.50. The van der Waals surface area contributed by atoms with Crippen LogP contribution in [-0.2, 0) is 4.79 Å². The van der Waals surface area contributed by atoms with Gasteiger partial charge in [-0.2, -0.15) is 11.8 Å². The number of ketones is 1. The molecule has 1 rings (SSSR count). The first-order valence-electron chi connectivity index (χ1n) is 4.75. The van der Waals surface area contributed by atoms with E-state index in [1.54, 1.807) is 24.9 Å². The number of carbonyl (C=O) groups excluding carboxylic acids is 1. The zero-order chi connectivity index (χ0) is 10.4. The molecule has 0 aliphatic heterocycles. The Morgan fingerprint density at radius 3 is 2.93 bits per heavy atom. The van der Waals surface area contributed by atoms with Gasteiger partial charge in [-0.05, 0) is 24.3 Å². The fraction of sp³-hybridized carbons (Fsp3) is 0.455. The second kappa shape index (κ2) is 5.81. The Labute approximate surface area is 89.1 Å². The van der Waals surface area contributed by atoms with E-state index >= 15 is 0 Å². The fourth-order valence-corrected chi connectivity index (χ4v) is 2.39. The van der Waals surface area contributed by atoms with Crippen molar-refractivity contribution in [3.05, 3.63) is 30.1 Å². The molecule has 0 fully saturated rings. The van der Waals surface area contributed by atoms with Gasteiger partial charge in [-0.25, -0.2) is 0 Å². The minimum atomic E-state index is 0.236. The summed E-state index contributed by atoms with van der Waals surface area (Å²) in [5, 5.41) is 0.270. The summed E-state index contributed by atoms with van der Waals surface area (Å²) in [6, 6.07) is 3.95. The van der Waals surface area contributed by atoms with Crippen LogP contribution >= 0.6 is 11.8 Å². The molecule has 1 unspecified atom stereocenters. The molecule has 0 N–H and O–H groups in total. The molecule has 0 radical (unpaired) electrons. The van der Waals surface area contributed by atoms with Crippen LogP contribution < -0.4 is 0 Å². The zero-order valence-electron chi connectivity index (χ0n) is 8.56. The van der Waals surface area contributed by atoms with Crippen LogP contribution in [0.2, 0.25) is 0 Å². The molecule has 2 nitrogen and oxygen atoms in total. The van der Waals surface area contributed by atoms with Crippen molar-refractivity contribution < 1.29 is 4.79 Å². The summed E-state index contributed by atoms with van der Waals surface area (Å²) < 4.78 is 0. The van der Waals surface area contributed by atoms with E-state index in [-0.39, 0.29) is 11.0 Å². The molecule has 0 aliphatic carbocycles. The molecule has 0 bridgehead atoms. The van der Waals surface area contributed by atoms with Crippen molar-refractivity contribution in [2.24, 2.45) is 0 Å². The van der Waals surface area contributed by atoms with Crippen molar-refractivity contribution in [3.8, 4) is 0 Å². The highest BCUT2D eigenvalue weighted by Crippen LogP contribution is 2.31. The first-order valence-corrected chi connectivity index (χ1v) is 5.80. The molecular formula is C11H15NOS. The fourth-order valence-electron chi connectivity index (χ4n) is 1.30.